The number of fused-ring (bicyclic) bond motifs is 1. The Labute approximate surface area is 167 Å². The van der Waals surface area contributed by atoms with Gasteiger partial charge in [0.25, 0.3) is 0 Å². The first-order chi connectivity index (χ1) is 13.8. The Kier molecular flexibility index (Phi) is 4.59. The van der Waals surface area contributed by atoms with Crippen molar-refractivity contribution in [1.29, 1.82) is 0 Å². The molecule has 144 valence electrons. The second kappa shape index (κ2) is 7.38. The molecule has 3 aromatic carbocycles. The lowest BCUT2D eigenvalue weighted by Crippen LogP contribution is -2.22. The number of hydrogen-bond donors (Lipinski definition) is 0. The first kappa shape index (κ1) is 17.4. The molecule has 0 unspecified atom stereocenters. The second-order valence-electron chi connectivity index (χ2n) is 7.95. The lowest BCUT2D eigenvalue weighted by atomic mass is 9.94. The van der Waals surface area contributed by atoms with Crippen molar-refractivity contribution in [2.45, 2.75) is 25.7 Å². The lowest BCUT2D eigenvalue weighted by Gasteiger charge is -2.28. The maximum absolute atomic E-state index is 5.39. The van der Waals surface area contributed by atoms with E-state index in [0.29, 0.717) is 0 Å². The smallest absolute Gasteiger partial charge is 0.118 e. The number of benzene rings is 3. The molecular weight excluding hydrogens is 344 g/mol. The van der Waals surface area contributed by atoms with Gasteiger partial charge in [0.15, 0.2) is 0 Å². The maximum Gasteiger partial charge on any atom is 0.118 e. The van der Waals surface area contributed by atoms with Crippen LogP contribution in [0.15, 0.2) is 54.6 Å². The van der Waals surface area contributed by atoms with Gasteiger partial charge in [-0.2, -0.15) is 0 Å². The van der Waals surface area contributed by atoms with Crippen LogP contribution in [0, 0.1) is 0 Å². The average Bonchev–Trinajstić information content (AvgIpc) is 3.47. The van der Waals surface area contributed by atoms with Crippen LogP contribution in [0.4, 0.5) is 11.4 Å². The minimum atomic E-state index is 0.907. The average molecular weight is 373 g/mol. The Morgan fingerprint density at radius 3 is 1.86 bits per heavy atom. The molecule has 0 atom stereocenters. The van der Waals surface area contributed by atoms with Crippen molar-refractivity contribution in [3.05, 3.63) is 54.6 Å². The van der Waals surface area contributed by atoms with E-state index in [-0.39, 0.29) is 0 Å². The van der Waals surface area contributed by atoms with Gasteiger partial charge in [-0.25, -0.2) is 0 Å². The van der Waals surface area contributed by atoms with Crippen LogP contribution in [-0.2, 0) is 0 Å². The van der Waals surface area contributed by atoms with E-state index in [4.69, 9.17) is 4.74 Å². The van der Waals surface area contributed by atoms with Crippen LogP contribution in [0.3, 0.4) is 0 Å². The van der Waals surface area contributed by atoms with Gasteiger partial charge < -0.3 is 14.5 Å². The number of anilines is 2. The van der Waals surface area contributed by atoms with Crippen molar-refractivity contribution in [3.63, 3.8) is 0 Å². The number of rotatable bonds is 4. The molecule has 2 aliphatic heterocycles. The Bertz CT molecular complexity index is 968. The van der Waals surface area contributed by atoms with Gasteiger partial charge in [-0.1, -0.05) is 36.4 Å². The molecule has 0 aliphatic carbocycles. The van der Waals surface area contributed by atoms with Crippen molar-refractivity contribution >= 4 is 22.1 Å². The van der Waals surface area contributed by atoms with E-state index in [0.717, 1.165) is 18.8 Å². The summed E-state index contributed by atoms with van der Waals surface area (Å²) in [5.41, 5.74) is 5.44. The van der Waals surface area contributed by atoms with Crippen molar-refractivity contribution < 1.29 is 4.74 Å². The molecule has 28 heavy (non-hydrogen) atoms. The highest BCUT2D eigenvalue weighted by Gasteiger charge is 2.23. The number of nitrogens with zero attached hydrogens (tertiary/aromatic N) is 2. The molecule has 3 nitrogen and oxygen atoms in total. The molecule has 0 radical (unpaired) electrons. The topological polar surface area (TPSA) is 15.7 Å². The Balaban J connectivity index is 1.76. The minimum Gasteiger partial charge on any atom is -0.497 e. The molecule has 0 saturated carbocycles. The second-order valence-corrected chi connectivity index (χ2v) is 7.95. The van der Waals surface area contributed by atoms with E-state index in [1.807, 2.05) is 0 Å². The standard InChI is InChI=1S/C25H28N2O/c1-28-20-12-10-19(11-13-20)25-22-9-3-2-8-21(22)23(26-14-4-5-15-26)18-24(25)27-16-6-7-17-27/h2-3,8-13,18H,4-7,14-17H2,1H3. The monoisotopic (exact) mass is 372 g/mol. The highest BCUT2D eigenvalue weighted by molar-refractivity contribution is 6.09. The zero-order chi connectivity index (χ0) is 18.9. The Morgan fingerprint density at radius 1 is 0.679 bits per heavy atom. The first-order valence-corrected chi connectivity index (χ1v) is 10.6. The van der Waals surface area contributed by atoms with Gasteiger partial charge in [0.05, 0.1) is 7.11 Å². The van der Waals surface area contributed by atoms with Crippen molar-refractivity contribution in [2.24, 2.45) is 0 Å². The molecule has 3 heteroatoms. The summed E-state index contributed by atoms with van der Waals surface area (Å²) in [6, 6.07) is 20.0. The van der Waals surface area contributed by atoms with Crippen LogP contribution in [0.1, 0.15) is 25.7 Å². The molecule has 0 amide bonds. The molecule has 2 saturated heterocycles. The molecule has 0 aromatic heterocycles. The zero-order valence-corrected chi connectivity index (χ0v) is 16.7. The van der Waals surface area contributed by atoms with E-state index in [1.54, 1.807) is 7.11 Å². The summed E-state index contributed by atoms with van der Waals surface area (Å²) in [6.07, 6.45) is 5.17. The third-order valence-corrected chi connectivity index (χ3v) is 6.27. The maximum atomic E-state index is 5.39. The van der Waals surface area contributed by atoms with Crippen molar-refractivity contribution in [1.82, 2.24) is 0 Å². The van der Waals surface area contributed by atoms with Crippen LogP contribution < -0.4 is 14.5 Å². The number of methoxy groups -OCH3 is 1. The molecule has 3 aromatic rings. The van der Waals surface area contributed by atoms with E-state index >= 15 is 0 Å². The molecule has 5 rings (SSSR count). The Morgan fingerprint density at radius 2 is 1.25 bits per heavy atom. The molecule has 0 N–H and O–H groups in total. The van der Waals surface area contributed by atoms with Gasteiger partial charge in [-0.15, -0.1) is 0 Å². The summed E-state index contributed by atoms with van der Waals surface area (Å²) in [5.74, 6) is 0.907. The molecule has 0 spiro atoms. The molecular formula is C25H28N2O. The first-order valence-electron chi connectivity index (χ1n) is 10.6. The van der Waals surface area contributed by atoms with E-state index in [2.05, 4.69) is 64.4 Å². The third-order valence-electron chi connectivity index (χ3n) is 6.27. The van der Waals surface area contributed by atoms with E-state index in [1.165, 1.54) is 72.0 Å². The quantitative estimate of drug-likeness (QED) is 0.583. The molecule has 2 aliphatic rings. The van der Waals surface area contributed by atoms with E-state index < -0.39 is 0 Å². The summed E-state index contributed by atoms with van der Waals surface area (Å²) < 4.78 is 5.39. The third kappa shape index (κ3) is 2.99. The number of ether oxygens (including phenoxy) is 1. The van der Waals surface area contributed by atoms with Crippen LogP contribution >= 0.6 is 0 Å². The van der Waals surface area contributed by atoms with Gasteiger partial charge >= 0.3 is 0 Å². The highest BCUT2D eigenvalue weighted by atomic mass is 16.5. The van der Waals surface area contributed by atoms with E-state index in [9.17, 15) is 0 Å². The summed E-state index contributed by atoms with van der Waals surface area (Å²) in [6.45, 7) is 4.65. The van der Waals surface area contributed by atoms with Gasteiger partial charge in [-0.05, 0) is 54.8 Å². The van der Waals surface area contributed by atoms with Crippen LogP contribution in [0.5, 0.6) is 5.75 Å². The Hall–Kier alpha value is -2.68. The fraction of sp³-hybridized carbons (Fsp3) is 0.360. The van der Waals surface area contributed by atoms with Gasteiger partial charge in [0.2, 0.25) is 0 Å². The predicted octanol–water partition coefficient (Wildman–Crippen LogP) is 5.72. The number of hydrogen-bond acceptors (Lipinski definition) is 3. The minimum absolute atomic E-state index is 0.907. The zero-order valence-electron chi connectivity index (χ0n) is 16.7. The van der Waals surface area contributed by atoms with Crippen LogP contribution in [-0.4, -0.2) is 33.3 Å². The van der Waals surface area contributed by atoms with Crippen molar-refractivity contribution in [2.75, 3.05) is 43.1 Å². The summed E-state index contributed by atoms with van der Waals surface area (Å²) in [4.78, 5) is 5.17. The van der Waals surface area contributed by atoms with Crippen molar-refractivity contribution in [3.8, 4) is 16.9 Å². The molecule has 0 bridgehead atoms. The largest absolute Gasteiger partial charge is 0.497 e. The summed E-state index contributed by atoms with van der Waals surface area (Å²) in [7, 11) is 1.73. The van der Waals surface area contributed by atoms with Crippen LogP contribution in [0.2, 0.25) is 0 Å². The van der Waals surface area contributed by atoms with Gasteiger partial charge in [0, 0.05) is 48.5 Å². The van der Waals surface area contributed by atoms with Gasteiger partial charge in [0.1, 0.15) is 5.75 Å². The summed E-state index contributed by atoms with van der Waals surface area (Å²) in [5, 5.41) is 2.73. The molecule has 2 heterocycles. The SMILES string of the molecule is COc1ccc(-c2c(N3CCCC3)cc(N3CCCC3)c3ccccc23)cc1. The highest BCUT2D eigenvalue weighted by Crippen LogP contribution is 2.44. The normalized spacial score (nSPS) is 16.9. The molecule has 2 fully saturated rings. The lowest BCUT2D eigenvalue weighted by molar-refractivity contribution is 0.415. The van der Waals surface area contributed by atoms with Gasteiger partial charge in [-0.3, -0.25) is 0 Å². The fourth-order valence-electron chi connectivity index (χ4n) is 4.83. The summed E-state index contributed by atoms with van der Waals surface area (Å²) >= 11 is 0. The fourth-order valence-corrected chi connectivity index (χ4v) is 4.83. The van der Waals surface area contributed by atoms with Crippen LogP contribution in [0.25, 0.3) is 21.9 Å². The predicted molar refractivity (Wildman–Crippen MR) is 119 cm³/mol.